The van der Waals surface area contributed by atoms with Gasteiger partial charge in [0.25, 0.3) is 0 Å². The Balaban J connectivity index is 1.88. The minimum atomic E-state index is 0.348. The van der Waals surface area contributed by atoms with Crippen LogP contribution in [-0.4, -0.2) is 40.4 Å². The molecule has 0 heterocycles. The molecule has 0 aliphatic heterocycles. The molecule has 1 fully saturated rings. The normalized spacial score (nSPS) is 16.7. The first kappa shape index (κ1) is 19.6. The molecular weight excluding hydrogens is 314 g/mol. The van der Waals surface area contributed by atoms with Crippen molar-refractivity contribution in [3.8, 4) is 5.75 Å². The predicted octanol–water partition coefficient (Wildman–Crippen LogP) is 3.27. The topological polar surface area (TPSA) is 54.9 Å². The lowest BCUT2D eigenvalue weighted by Crippen LogP contribution is -2.43. The Morgan fingerprint density at radius 1 is 1.20 bits per heavy atom. The monoisotopic (exact) mass is 347 g/mol. The van der Waals surface area contributed by atoms with Gasteiger partial charge >= 0.3 is 0 Å². The molecule has 5 nitrogen and oxygen atoms in total. The summed E-state index contributed by atoms with van der Waals surface area (Å²) in [5, 5.41) is 6.93. The molecule has 140 valence electrons. The maximum atomic E-state index is 5.40. The second-order valence-corrected chi connectivity index (χ2v) is 7.03. The van der Waals surface area contributed by atoms with E-state index in [4.69, 9.17) is 9.47 Å². The second-order valence-electron chi connectivity index (χ2n) is 7.03. The summed E-state index contributed by atoms with van der Waals surface area (Å²) in [4.78, 5) is 4.37. The summed E-state index contributed by atoms with van der Waals surface area (Å²) < 4.78 is 10.7. The number of guanidine groups is 1. The third kappa shape index (κ3) is 5.63. The first-order valence-electron chi connectivity index (χ1n) is 9.19. The molecule has 1 saturated carbocycles. The van der Waals surface area contributed by atoms with Crippen LogP contribution in [0, 0.1) is 12.3 Å². The highest BCUT2D eigenvalue weighted by Crippen LogP contribution is 2.40. The number of rotatable bonds is 8. The van der Waals surface area contributed by atoms with Gasteiger partial charge in [-0.05, 0) is 48.8 Å². The molecule has 1 aromatic carbocycles. The van der Waals surface area contributed by atoms with E-state index in [1.807, 2.05) is 7.05 Å². The highest BCUT2D eigenvalue weighted by Gasteiger charge is 2.33. The first-order valence-corrected chi connectivity index (χ1v) is 9.19. The van der Waals surface area contributed by atoms with Crippen molar-refractivity contribution < 1.29 is 9.47 Å². The summed E-state index contributed by atoms with van der Waals surface area (Å²) in [6, 6.07) is 6.28. The van der Waals surface area contributed by atoms with Crippen LogP contribution in [0.15, 0.2) is 23.2 Å². The van der Waals surface area contributed by atoms with Crippen LogP contribution in [-0.2, 0) is 11.3 Å². The summed E-state index contributed by atoms with van der Waals surface area (Å²) in [7, 11) is 5.31. The van der Waals surface area contributed by atoms with Crippen LogP contribution in [0.3, 0.4) is 0 Å². The maximum Gasteiger partial charge on any atom is 0.191 e. The average molecular weight is 348 g/mol. The van der Waals surface area contributed by atoms with Crippen molar-refractivity contribution in [2.24, 2.45) is 10.4 Å². The fraction of sp³-hybridized carbons (Fsp3) is 0.650. The zero-order valence-electron chi connectivity index (χ0n) is 16.2. The van der Waals surface area contributed by atoms with E-state index >= 15 is 0 Å². The van der Waals surface area contributed by atoms with Gasteiger partial charge in [-0.15, -0.1) is 0 Å². The molecule has 0 aromatic heterocycles. The van der Waals surface area contributed by atoms with E-state index in [9.17, 15) is 0 Å². The second kappa shape index (κ2) is 9.66. The van der Waals surface area contributed by atoms with Crippen LogP contribution in [0.2, 0.25) is 0 Å². The molecule has 5 heteroatoms. The molecule has 0 atom stereocenters. The Hall–Kier alpha value is -1.75. The van der Waals surface area contributed by atoms with Crippen molar-refractivity contribution in [1.82, 2.24) is 10.6 Å². The van der Waals surface area contributed by atoms with Gasteiger partial charge in [-0.25, -0.2) is 0 Å². The van der Waals surface area contributed by atoms with E-state index in [0.29, 0.717) is 5.41 Å². The molecule has 0 spiro atoms. The molecule has 2 rings (SSSR count). The van der Waals surface area contributed by atoms with Crippen LogP contribution in [0.1, 0.15) is 43.2 Å². The van der Waals surface area contributed by atoms with Gasteiger partial charge in [0.15, 0.2) is 5.96 Å². The number of methoxy groups -OCH3 is 2. The van der Waals surface area contributed by atoms with Gasteiger partial charge in [0.1, 0.15) is 5.75 Å². The Labute approximate surface area is 152 Å². The lowest BCUT2D eigenvalue weighted by atomic mass is 9.83. The molecule has 1 aromatic rings. The highest BCUT2D eigenvalue weighted by molar-refractivity contribution is 5.79. The Kier molecular flexibility index (Phi) is 7.56. The van der Waals surface area contributed by atoms with E-state index in [1.165, 1.54) is 31.2 Å². The van der Waals surface area contributed by atoms with Gasteiger partial charge in [0.2, 0.25) is 0 Å². The van der Waals surface area contributed by atoms with Gasteiger partial charge in [-0.1, -0.05) is 25.0 Å². The lowest BCUT2D eigenvalue weighted by molar-refractivity contribution is 0.138. The standard InChI is InChI=1S/C20H33N3O2/c1-16-7-8-17(13-18(16)25-4)14-22-19(21-2)23-15-20(11-12-24-3)9-5-6-10-20/h7-8,13H,5-6,9-12,14-15H2,1-4H3,(H2,21,22,23). The number of hydrogen-bond acceptors (Lipinski definition) is 3. The van der Waals surface area contributed by atoms with Crippen molar-refractivity contribution in [3.63, 3.8) is 0 Å². The minimum absolute atomic E-state index is 0.348. The van der Waals surface area contributed by atoms with Gasteiger partial charge in [-0.3, -0.25) is 4.99 Å². The van der Waals surface area contributed by atoms with Crippen LogP contribution < -0.4 is 15.4 Å². The van der Waals surface area contributed by atoms with Crippen molar-refractivity contribution in [3.05, 3.63) is 29.3 Å². The SMILES string of the molecule is CN=C(NCc1ccc(C)c(OC)c1)NCC1(CCOC)CCCC1. The lowest BCUT2D eigenvalue weighted by Gasteiger charge is -2.30. The molecule has 0 saturated heterocycles. The number of aliphatic imine (C=N–C) groups is 1. The van der Waals surface area contributed by atoms with Crippen molar-refractivity contribution in [2.45, 2.75) is 45.6 Å². The van der Waals surface area contributed by atoms with Crippen molar-refractivity contribution in [1.29, 1.82) is 0 Å². The molecular formula is C20H33N3O2. The molecule has 25 heavy (non-hydrogen) atoms. The molecule has 1 aliphatic carbocycles. The zero-order chi connectivity index (χ0) is 18.1. The van der Waals surface area contributed by atoms with Gasteiger partial charge in [-0.2, -0.15) is 0 Å². The molecule has 0 amide bonds. The van der Waals surface area contributed by atoms with Crippen LogP contribution in [0.5, 0.6) is 5.75 Å². The number of aryl methyl sites for hydroxylation is 1. The fourth-order valence-corrected chi connectivity index (χ4v) is 3.61. The van der Waals surface area contributed by atoms with Gasteiger partial charge in [0.05, 0.1) is 7.11 Å². The van der Waals surface area contributed by atoms with Crippen molar-refractivity contribution >= 4 is 5.96 Å². The first-order chi connectivity index (χ1) is 12.1. The molecule has 0 bridgehead atoms. The summed E-state index contributed by atoms with van der Waals surface area (Å²) in [5.41, 5.74) is 2.68. The summed E-state index contributed by atoms with van der Waals surface area (Å²) in [6.45, 7) is 4.56. The third-order valence-corrected chi connectivity index (χ3v) is 5.29. The largest absolute Gasteiger partial charge is 0.496 e. The molecule has 0 unspecified atom stereocenters. The number of nitrogens with one attached hydrogen (secondary N) is 2. The van der Waals surface area contributed by atoms with E-state index < -0.39 is 0 Å². The van der Waals surface area contributed by atoms with E-state index in [1.54, 1.807) is 14.2 Å². The Morgan fingerprint density at radius 2 is 1.96 bits per heavy atom. The Morgan fingerprint density at radius 3 is 2.60 bits per heavy atom. The average Bonchev–Trinajstić information content (AvgIpc) is 3.10. The fourth-order valence-electron chi connectivity index (χ4n) is 3.61. The number of ether oxygens (including phenoxy) is 2. The van der Waals surface area contributed by atoms with E-state index in [-0.39, 0.29) is 0 Å². The third-order valence-electron chi connectivity index (χ3n) is 5.29. The van der Waals surface area contributed by atoms with E-state index in [2.05, 4.69) is 40.7 Å². The quantitative estimate of drug-likeness (QED) is 0.560. The smallest absolute Gasteiger partial charge is 0.191 e. The molecule has 2 N–H and O–H groups in total. The zero-order valence-corrected chi connectivity index (χ0v) is 16.2. The predicted molar refractivity (Wildman–Crippen MR) is 103 cm³/mol. The number of hydrogen-bond donors (Lipinski definition) is 2. The summed E-state index contributed by atoms with van der Waals surface area (Å²) in [6.07, 6.45) is 6.30. The number of nitrogens with zero attached hydrogens (tertiary/aromatic N) is 1. The molecule has 0 radical (unpaired) electrons. The minimum Gasteiger partial charge on any atom is -0.496 e. The van der Waals surface area contributed by atoms with Crippen LogP contribution in [0.25, 0.3) is 0 Å². The molecule has 1 aliphatic rings. The maximum absolute atomic E-state index is 5.40. The summed E-state index contributed by atoms with van der Waals surface area (Å²) >= 11 is 0. The Bertz CT molecular complexity index is 566. The van der Waals surface area contributed by atoms with Gasteiger partial charge < -0.3 is 20.1 Å². The number of benzene rings is 1. The van der Waals surface area contributed by atoms with Gasteiger partial charge in [0, 0.05) is 33.9 Å². The van der Waals surface area contributed by atoms with E-state index in [0.717, 1.165) is 43.4 Å². The van der Waals surface area contributed by atoms with Crippen LogP contribution >= 0.6 is 0 Å². The van der Waals surface area contributed by atoms with Crippen LogP contribution in [0.4, 0.5) is 0 Å². The highest BCUT2D eigenvalue weighted by atomic mass is 16.5. The van der Waals surface area contributed by atoms with Crippen molar-refractivity contribution in [2.75, 3.05) is 34.4 Å². The summed E-state index contributed by atoms with van der Waals surface area (Å²) in [5.74, 6) is 1.77.